The van der Waals surface area contributed by atoms with Gasteiger partial charge in [0.1, 0.15) is 0 Å². The molecule has 0 radical (unpaired) electrons. The summed E-state index contributed by atoms with van der Waals surface area (Å²) in [7, 11) is 3.91. The summed E-state index contributed by atoms with van der Waals surface area (Å²) in [6.45, 7) is 8.20. The van der Waals surface area contributed by atoms with Crippen molar-refractivity contribution >= 4 is 5.69 Å². The van der Waals surface area contributed by atoms with Gasteiger partial charge in [0.05, 0.1) is 0 Å². The summed E-state index contributed by atoms with van der Waals surface area (Å²) in [4.78, 5) is 2.32. The number of methoxy groups -OCH3 is 1. The molecule has 1 aromatic rings. The second-order valence-electron chi connectivity index (χ2n) is 5.08. The van der Waals surface area contributed by atoms with Crippen LogP contribution in [-0.2, 0) is 11.3 Å². The van der Waals surface area contributed by atoms with Crippen molar-refractivity contribution < 1.29 is 4.74 Å². The predicted octanol–water partition coefficient (Wildman–Crippen LogP) is 2.97. The Morgan fingerprint density at radius 1 is 1.32 bits per heavy atom. The van der Waals surface area contributed by atoms with E-state index in [0.29, 0.717) is 0 Å². The maximum atomic E-state index is 5.12. The Hall–Kier alpha value is -1.06. The molecule has 0 atom stereocenters. The van der Waals surface area contributed by atoms with Crippen LogP contribution in [0.5, 0.6) is 0 Å². The maximum absolute atomic E-state index is 5.12. The van der Waals surface area contributed by atoms with E-state index in [1.54, 1.807) is 7.11 Å². The number of hydrogen-bond acceptors (Lipinski definition) is 3. The van der Waals surface area contributed by atoms with E-state index >= 15 is 0 Å². The van der Waals surface area contributed by atoms with Crippen molar-refractivity contribution in [2.75, 3.05) is 38.8 Å². The number of rotatable bonds is 9. The molecule has 0 amide bonds. The highest BCUT2D eigenvalue weighted by Gasteiger charge is 2.07. The summed E-state index contributed by atoms with van der Waals surface area (Å²) in [5, 5.41) is 3.49. The first-order valence-electron chi connectivity index (χ1n) is 7.19. The fourth-order valence-corrected chi connectivity index (χ4v) is 2.19. The number of nitrogens with one attached hydrogen (secondary N) is 1. The van der Waals surface area contributed by atoms with Gasteiger partial charge in [0, 0.05) is 39.5 Å². The van der Waals surface area contributed by atoms with Crippen LogP contribution >= 0.6 is 0 Å². The van der Waals surface area contributed by atoms with Crippen molar-refractivity contribution in [3.63, 3.8) is 0 Å². The summed E-state index contributed by atoms with van der Waals surface area (Å²) >= 11 is 0. The summed E-state index contributed by atoms with van der Waals surface area (Å²) in [5.41, 5.74) is 4.03. The maximum Gasteiger partial charge on any atom is 0.0479 e. The van der Waals surface area contributed by atoms with Gasteiger partial charge in [-0.3, -0.25) is 0 Å². The molecule has 0 spiro atoms. The minimum atomic E-state index is 0.819. The van der Waals surface area contributed by atoms with E-state index in [2.05, 4.69) is 49.3 Å². The monoisotopic (exact) mass is 264 g/mol. The molecule has 0 heterocycles. The van der Waals surface area contributed by atoms with Crippen LogP contribution in [0, 0.1) is 6.92 Å². The Kier molecular flexibility index (Phi) is 7.53. The lowest BCUT2D eigenvalue weighted by molar-refractivity contribution is 0.196. The van der Waals surface area contributed by atoms with E-state index in [-0.39, 0.29) is 0 Å². The topological polar surface area (TPSA) is 24.5 Å². The molecule has 0 bridgehead atoms. The number of aryl methyl sites for hydroxylation is 1. The predicted molar refractivity (Wildman–Crippen MR) is 82.9 cm³/mol. The zero-order chi connectivity index (χ0) is 14.1. The fourth-order valence-electron chi connectivity index (χ4n) is 2.19. The highest BCUT2D eigenvalue weighted by Crippen LogP contribution is 2.21. The van der Waals surface area contributed by atoms with Crippen molar-refractivity contribution in [2.45, 2.75) is 33.2 Å². The van der Waals surface area contributed by atoms with Crippen LogP contribution in [0.25, 0.3) is 0 Å². The molecule has 0 unspecified atom stereocenters. The molecule has 0 aliphatic heterocycles. The molecular weight excluding hydrogens is 236 g/mol. The lowest BCUT2D eigenvalue weighted by Gasteiger charge is -2.23. The largest absolute Gasteiger partial charge is 0.385 e. The first-order chi connectivity index (χ1) is 9.19. The van der Waals surface area contributed by atoms with Gasteiger partial charge in [-0.1, -0.05) is 24.6 Å². The molecule has 0 aliphatic rings. The van der Waals surface area contributed by atoms with Gasteiger partial charge in [-0.25, -0.2) is 0 Å². The van der Waals surface area contributed by atoms with E-state index in [1.165, 1.54) is 23.2 Å². The van der Waals surface area contributed by atoms with E-state index in [9.17, 15) is 0 Å². The molecule has 3 heteroatoms. The van der Waals surface area contributed by atoms with Crippen LogP contribution in [0.3, 0.4) is 0 Å². The van der Waals surface area contributed by atoms with Crippen LogP contribution < -0.4 is 10.2 Å². The lowest BCUT2D eigenvalue weighted by Crippen LogP contribution is -2.23. The molecule has 1 aromatic carbocycles. The molecular formula is C16H28N2O. The number of nitrogens with zero attached hydrogens (tertiary/aromatic N) is 1. The van der Waals surface area contributed by atoms with E-state index in [0.717, 1.165) is 32.7 Å². The first kappa shape index (κ1) is 16.0. The van der Waals surface area contributed by atoms with Crippen LogP contribution in [0.15, 0.2) is 18.2 Å². The Labute approximate surface area is 118 Å². The van der Waals surface area contributed by atoms with Crippen molar-refractivity contribution in [3.05, 3.63) is 29.3 Å². The number of benzene rings is 1. The van der Waals surface area contributed by atoms with E-state index in [1.807, 2.05) is 0 Å². The number of hydrogen-bond donors (Lipinski definition) is 1. The number of ether oxygens (including phenoxy) is 1. The van der Waals surface area contributed by atoms with Gasteiger partial charge in [-0.2, -0.15) is 0 Å². The third-order valence-corrected chi connectivity index (χ3v) is 3.23. The Morgan fingerprint density at radius 3 is 2.79 bits per heavy atom. The second kappa shape index (κ2) is 8.94. The summed E-state index contributed by atoms with van der Waals surface area (Å²) in [6.07, 6.45) is 2.23. The summed E-state index contributed by atoms with van der Waals surface area (Å²) < 4.78 is 5.12. The van der Waals surface area contributed by atoms with Crippen LogP contribution in [0.1, 0.15) is 30.9 Å². The lowest BCUT2D eigenvalue weighted by atomic mass is 10.1. The van der Waals surface area contributed by atoms with Crippen molar-refractivity contribution in [1.82, 2.24) is 5.32 Å². The van der Waals surface area contributed by atoms with Crippen LogP contribution in [-0.4, -0.2) is 33.9 Å². The Bertz CT molecular complexity index is 366. The molecule has 1 rings (SSSR count). The fraction of sp³-hybridized carbons (Fsp3) is 0.625. The Morgan fingerprint density at radius 2 is 2.11 bits per heavy atom. The van der Waals surface area contributed by atoms with Gasteiger partial charge in [0.15, 0.2) is 0 Å². The molecule has 1 N–H and O–H groups in total. The zero-order valence-corrected chi connectivity index (χ0v) is 12.8. The normalized spacial score (nSPS) is 10.7. The van der Waals surface area contributed by atoms with Crippen LogP contribution in [0.4, 0.5) is 5.69 Å². The molecule has 0 aliphatic carbocycles. The summed E-state index contributed by atoms with van der Waals surface area (Å²) in [5.74, 6) is 0. The highest BCUT2D eigenvalue weighted by atomic mass is 16.5. The highest BCUT2D eigenvalue weighted by molar-refractivity contribution is 5.54. The molecule has 0 saturated carbocycles. The van der Waals surface area contributed by atoms with Crippen molar-refractivity contribution in [2.24, 2.45) is 0 Å². The van der Waals surface area contributed by atoms with Crippen LogP contribution in [0.2, 0.25) is 0 Å². The molecule has 108 valence electrons. The molecule has 0 aromatic heterocycles. The van der Waals surface area contributed by atoms with Gasteiger partial charge in [0.25, 0.3) is 0 Å². The third kappa shape index (κ3) is 5.62. The molecule has 0 fully saturated rings. The molecule has 0 saturated heterocycles. The van der Waals surface area contributed by atoms with Gasteiger partial charge in [-0.05, 0) is 37.9 Å². The SMILES string of the molecule is CCCNCc1cc(C)ccc1N(C)CCCOC. The zero-order valence-electron chi connectivity index (χ0n) is 12.8. The standard InChI is InChI=1S/C16H28N2O/c1-5-9-17-13-15-12-14(2)7-8-16(15)18(3)10-6-11-19-4/h7-8,12,17H,5-6,9-11,13H2,1-4H3. The Balaban J connectivity index is 2.68. The average Bonchev–Trinajstić information content (AvgIpc) is 2.39. The van der Waals surface area contributed by atoms with Gasteiger partial charge >= 0.3 is 0 Å². The minimum Gasteiger partial charge on any atom is -0.385 e. The quantitative estimate of drug-likeness (QED) is 0.694. The average molecular weight is 264 g/mol. The molecule has 3 nitrogen and oxygen atoms in total. The molecule has 19 heavy (non-hydrogen) atoms. The smallest absolute Gasteiger partial charge is 0.0479 e. The second-order valence-corrected chi connectivity index (χ2v) is 5.08. The van der Waals surface area contributed by atoms with Gasteiger partial charge < -0.3 is 15.0 Å². The first-order valence-corrected chi connectivity index (χ1v) is 7.19. The minimum absolute atomic E-state index is 0.819. The van der Waals surface area contributed by atoms with Crippen molar-refractivity contribution in [3.8, 4) is 0 Å². The van der Waals surface area contributed by atoms with Crippen molar-refractivity contribution in [1.29, 1.82) is 0 Å². The van der Waals surface area contributed by atoms with E-state index in [4.69, 9.17) is 4.74 Å². The van der Waals surface area contributed by atoms with E-state index < -0.39 is 0 Å². The number of anilines is 1. The third-order valence-electron chi connectivity index (χ3n) is 3.23. The summed E-state index contributed by atoms with van der Waals surface area (Å²) in [6, 6.07) is 6.70. The van der Waals surface area contributed by atoms with Gasteiger partial charge in [0.2, 0.25) is 0 Å². The van der Waals surface area contributed by atoms with Gasteiger partial charge in [-0.15, -0.1) is 0 Å².